The number of aromatic hydroxyl groups is 1. The maximum absolute atomic E-state index is 16.9. The van der Waals surface area contributed by atoms with Crippen LogP contribution in [0, 0.1) is 41.2 Å². The van der Waals surface area contributed by atoms with E-state index in [1.54, 1.807) is 6.20 Å². The van der Waals surface area contributed by atoms with Crippen molar-refractivity contribution >= 4 is 27.5 Å². The minimum Gasteiger partial charge on any atom is -0.508 e. The Labute approximate surface area is 279 Å². The summed E-state index contributed by atoms with van der Waals surface area (Å²) >= 11 is 0. The van der Waals surface area contributed by atoms with E-state index in [2.05, 4.69) is 44.9 Å². The molecular weight excluding hydrogens is 610 g/mol. The number of anilines is 1. The molecule has 0 radical (unpaired) electrons. The number of benzene rings is 2. The van der Waals surface area contributed by atoms with Gasteiger partial charge in [0.05, 0.1) is 17.6 Å². The van der Waals surface area contributed by atoms with E-state index < -0.39 is 11.6 Å². The average molecular weight is 653 g/mol. The zero-order chi connectivity index (χ0) is 33.2. The Morgan fingerprint density at radius 3 is 2.52 bits per heavy atom. The third-order valence-electron chi connectivity index (χ3n) is 11.2. The summed E-state index contributed by atoms with van der Waals surface area (Å²) in [4.78, 5) is 18.9. The van der Waals surface area contributed by atoms with Crippen LogP contribution in [0.25, 0.3) is 32.9 Å². The summed E-state index contributed by atoms with van der Waals surface area (Å²) in [7, 11) is 0. The van der Waals surface area contributed by atoms with Gasteiger partial charge in [-0.2, -0.15) is 9.97 Å². The lowest BCUT2D eigenvalue weighted by molar-refractivity contribution is 0.109. The van der Waals surface area contributed by atoms with E-state index >= 15 is 4.39 Å². The van der Waals surface area contributed by atoms with E-state index in [1.165, 1.54) is 37.1 Å². The van der Waals surface area contributed by atoms with E-state index in [0.29, 0.717) is 40.7 Å². The molecule has 2 atom stereocenters. The highest BCUT2D eigenvalue weighted by atomic mass is 19.1. The smallest absolute Gasteiger partial charge is 0.319 e. The van der Waals surface area contributed by atoms with Gasteiger partial charge in [-0.15, -0.1) is 6.42 Å². The molecule has 48 heavy (non-hydrogen) atoms. The minimum atomic E-state index is -0.701. The molecule has 4 aromatic rings. The van der Waals surface area contributed by atoms with Crippen molar-refractivity contribution in [2.75, 3.05) is 44.2 Å². The van der Waals surface area contributed by atoms with Crippen LogP contribution in [0.2, 0.25) is 0 Å². The van der Waals surface area contributed by atoms with Crippen molar-refractivity contribution in [1.82, 2.24) is 25.2 Å². The summed E-state index contributed by atoms with van der Waals surface area (Å²) in [6.07, 6.45) is 14.1. The number of piperazine rings is 1. The van der Waals surface area contributed by atoms with Crippen molar-refractivity contribution in [2.45, 2.75) is 64.5 Å². The second-order valence-corrected chi connectivity index (χ2v) is 14.9. The third-order valence-corrected chi connectivity index (χ3v) is 11.2. The second kappa shape index (κ2) is 12.1. The summed E-state index contributed by atoms with van der Waals surface area (Å²) in [5, 5.41) is 15.5. The van der Waals surface area contributed by atoms with Crippen LogP contribution in [-0.2, 0) is 0 Å². The Balaban J connectivity index is 1.16. The molecule has 0 spiro atoms. The van der Waals surface area contributed by atoms with Gasteiger partial charge >= 0.3 is 6.01 Å². The predicted molar refractivity (Wildman–Crippen MR) is 183 cm³/mol. The molecule has 3 saturated heterocycles. The van der Waals surface area contributed by atoms with Gasteiger partial charge in [-0.25, -0.2) is 8.78 Å². The fourth-order valence-electron chi connectivity index (χ4n) is 8.23. The van der Waals surface area contributed by atoms with Crippen molar-refractivity contribution in [2.24, 2.45) is 17.3 Å². The monoisotopic (exact) mass is 652 g/mol. The molecule has 2 unspecified atom stereocenters. The van der Waals surface area contributed by atoms with Crippen LogP contribution >= 0.6 is 0 Å². The molecule has 3 aliphatic heterocycles. The Kier molecular flexibility index (Phi) is 7.88. The van der Waals surface area contributed by atoms with Crippen molar-refractivity contribution in [3.63, 3.8) is 0 Å². The Morgan fingerprint density at radius 2 is 1.83 bits per heavy atom. The zero-order valence-corrected chi connectivity index (χ0v) is 27.6. The number of fused-ring (bicyclic) bond motifs is 4. The number of terminal acetylenes is 1. The number of piperidine rings is 1. The van der Waals surface area contributed by atoms with Gasteiger partial charge in [0.1, 0.15) is 28.6 Å². The van der Waals surface area contributed by atoms with E-state index in [4.69, 9.17) is 16.1 Å². The number of likely N-dealkylation sites (tertiary alicyclic amines) is 1. The van der Waals surface area contributed by atoms with E-state index in [-0.39, 0.29) is 39.5 Å². The molecule has 8 nitrogen and oxygen atoms in total. The fourth-order valence-corrected chi connectivity index (χ4v) is 8.23. The summed E-state index contributed by atoms with van der Waals surface area (Å²) in [6.45, 7) is 9.80. The lowest BCUT2D eigenvalue weighted by atomic mass is 9.86. The summed E-state index contributed by atoms with van der Waals surface area (Å²) in [5.74, 6) is 3.10. The van der Waals surface area contributed by atoms with E-state index in [1.807, 2.05) is 0 Å². The number of aromatic nitrogens is 3. The highest BCUT2D eigenvalue weighted by Gasteiger charge is 2.45. The minimum absolute atomic E-state index is 0.0179. The van der Waals surface area contributed by atoms with Crippen LogP contribution < -0.4 is 15.0 Å². The van der Waals surface area contributed by atoms with Gasteiger partial charge in [0.25, 0.3) is 0 Å². The van der Waals surface area contributed by atoms with Gasteiger partial charge < -0.3 is 25.0 Å². The van der Waals surface area contributed by atoms with Gasteiger partial charge in [0.15, 0.2) is 5.82 Å². The number of ether oxygens (including phenoxy) is 1. The fraction of sp³-hybridized carbons (Fsp3) is 0.500. The molecule has 1 saturated carbocycles. The first-order chi connectivity index (χ1) is 23.2. The van der Waals surface area contributed by atoms with Crippen LogP contribution in [0.15, 0.2) is 30.5 Å². The molecule has 10 heteroatoms. The number of hydrogen-bond donors (Lipinski definition) is 2. The maximum atomic E-state index is 16.9. The number of nitrogens with zero attached hydrogens (tertiary/aromatic N) is 5. The second-order valence-electron chi connectivity index (χ2n) is 14.9. The lowest BCUT2D eigenvalue weighted by Crippen LogP contribution is -2.51. The standard InChI is InChI=1S/C38H42F2N6O2/c1-4-28-31(39)8-5-24-15-27(47)16-29(32(24)28)34-33(40)35-30(17-41-34)36(46-18-25-6-7-26(19-46)42-25)44-37(43-35)48-21-38(11-12-38)20-45-13-9-23(10-14-45)22(2)3/h1,5,8,15-17,22-23,25-26,42,47H,6-7,9-14,18-21H2,2-3H3. The normalized spacial score (nSPS) is 22.5. The number of rotatable bonds is 8. The largest absolute Gasteiger partial charge is 0.508 e. The summed E-state index contributed by atoms with van der Waals surface area (Å²) < 4.78 is 38.1. The molecule has 8 rings (SSSR count). The van der Waals surface area contributed by atoms with Crippen LogP contribution in [0.4, 0.5) is 14.6 Å². The molecule has 1 aliphatic carbocycles. The molecule has 250 valence electrons. The zero-order valence-electron chi connectivity index (χ0n) is 27.6. The van der Waals surface area contributed by atoms with Gasteiger partial charge in [-0.1, -0.05) is 25.8 Å². The first-order valence-electron chi connectivity index (χ1n) is 17.3. The van der Waals surface area contributed by atoms with Crippen molar-refractivity contribution in [3.05, 3.63) is 47.7 Å². The molecule has 2 aromatic heterocycles. The van der Waals surface area contributed by atoms with Gasteiger partial charge in [-0.3, -0.25) is 4.98 Å². The number of halogens is 2. The maximum Gasteiger partial charge on any atom is 0.319 e. The quantitative estimate of drug-likeness (QED) is 0.215. The van der Waals surface area contributed by atoms with Gasteiger partial charge in [0.2, 0.25) is 0 Å². The Morgan fingerprint density at radius 1 is 1.08 bits per heavy atom. The number of hydrogen-bond acceptors (Lipinski definition) is 8. The molecule has 0 amide bonds. The SMILES string of the molecule is C#Cc1c(F)ccc2cc(O)cc(-c3ncc4c(N5CC6CCC(C5)N6)nc(OCC5(CN6CCC(C(C)C)CC6)CC5)nc4c3F)c12. The molecule has 4 aliphatic rings. The number of nitrogens with one attached hydrogen (secondary N) is 1. The van der Waals surface area contributed by atoms with Crippen LogP contribution in [0.5, 0.6) is 11.8 Å². The Bertz CT molecular complexity index is 1920. The molecule has 2 bridgehead atoms. The van der Waals surface area contributed by atoms with Gasteiger partial charge in [0, 0.05) is 54.3 Å². The number of phenols is 1. The van der Waals surface area contributed by atoms with E-state index in [0.717, 1.165) is 70.2 Å². The number of pyridine rings is 1. The summed E-state index contributed by atoms with van der Waals surface area (Å²) in [6, 6.07) is 6.41. The van der Waals surface area contributed by atoms with Crippen LogP contribution in [0.1, 0.15) is 57.9 Å². The molecule has 2 N–H and O–H groups in total. The van der Waals surface area contributed by atoms with Crippen molar-refractivity contribution < 1.29 is 18.6 Å². The topological polar surface area (TPSA) is 86.6 Å². The highest BCUT2D eigenvalue weighted by Crippen LogP contribution is 2.47. The molecular formula is C38H42F2N6O2. The molecule has 4 fully saturated rings. The van der Waals surface area contributed by atoms with E-state index in [9.17, 15) is 9.50 Å². The first kappa shape index (κ1) is 31.2. The lowest BCUT2D eigenvalue weighted by Gasteiger charge is -2.36. The third kappa shape index (κ3) is 5.71. The molecule has 2 aromatic carbocycles. The summed E-state index contributed by atoms with van der Waals surface area (Å²) in [5.41, 5.74) is 0.218. The number of phenolic OH excluding ortho intramolecular Hbond substituents is 1. The van der Waals surface area contributed by atoms with Crippen molar-refractivity contribution in [3.8, 4) is 35.4 Å². The first-order valence-corrected chi connectivity index (χ1v) is 17.3. The highest BCUT2D eigenvalue weighted by molar-refractivity contribution is 6.03. The predicted octanol–water partition coefficient (Wildman–Crippen LogP) is 6.28. The molecule has 5 heterocycles. The van der Waals surface area contributed by atoms with Crippen LogP contribution in [-0.4, -0.2) is 76.4 Å². The van der Waals surface area contributed by atoms with Crippen molar-refractivity contribution in [1.29, 1.82) is 0 Å². The average Bonchev–Trinajstić information content (AvgIpc) is 3.77. The van der Waals surface area contributed by atoms with Crippen LogP contribution in [0.3, 0.4) is 0 Å². The van der Waals surface area contributed by atoms with Gasteiger partial charge in [-0.05, 0) is 87.0 Å². The Hall–Kier alpha value is -4.07.